The number of oxime groups is 1. The zero-order valence-electron chi connectivity index (χ0n) is 24.9. The summed E-state index contributed by atoms with van der Waals surface area (Å²) in [5.41, 5.74) is 1.03. The fourth-order valence-electron chi connectivity index (χ4n) is 5.90. The zero-order valence-corrected chi connectivity index (χ0v) is 24.9. The molecular weight excluding hydrogens is 454 g/mol. The molecule has 3 heteroatoms. The van der Waals surface area contributed by atoms with Gasteiger partial charge in [0.05, 0.1) is 5.71 Å². The molecule has 0 spiro atoms. The molecule has 0 saturated heterocycles. The van der Waals surface area contributed by atoms with Crippen LogP contribution < -0.4 is 0 Å². The maximum atomic E-state index is 12.1. The van der Waals surface area contributed by atoms with Gasteiger partial charge in [-0.05, 0) is 38.5 Å². The van der Waals surface area contributed by atoms with Crippen LogP contribution >= 0.6 is 0 Å². The highest BCUT2D eigenvalue weighted by Gasteiger charge is 2.03. The van der Waals surface area contributed by atoms with Gasteiger partial charge in [0.1, 0.15) is 5.78 Å². The van der Waals surface area contributed by atoms with Crippen molar-refractivity contribution in [2.24, 2.45) is 5.16 Å². The summed E-state index contributed by atoms with van der Waals surface area (Å²) in [4.78, 5) is 12.1. The van der Waals surface area contributed by atoms with Crippen molar-refractivity contribution in [3.8, 4) is 0 Å². The second-order valence-corrected chi connectivity index (χ2v) is 12.1. The monoisotopic (exact) mass is 520 g/mol. The van der Waals surface area contributed by atoms with Crippen molar-refractivity contribution >= 4 is 11.5 Å². The van der Waals surface area contributed by atoms with Crippen molar-refractivity contribution in [2.75, 3.05) is 0 Å². The van der Waals surface area contributed by atoms with Gasteiger partial charge in [-0.25, -0.2) is 0 Å². The summed E-state index contributed by atoms with van der Waals surface area (Å²) in [6, 6.07) is 0. The minimum absolute atomic E-state index is 0.515. The lowest BCUT2D eigenvalue weighted by Gasteiger charge is -2.06. The van der Waals surface area contributed by atoms with E-state index in [-0.39, 0.29) is 0 Å². The number of ketones is 1. The van der Waals surface area contributed by atoms with E-state index in [1.165, 1.54) is 167 Å². The molecule has 0 aliphatic heterocycles. The Morgan fingerprint density at radius 1 is 0.324 bits per heavy atom. The Kier molecular flexibility index (Phi) is 26.0. The molecule has 0 aromatic heterocycles. The molecule has 1 N–H and O–H groups in total. The van der Waals surface area contributed by atoms with Gasteiger partial charge in [0, 0.05) is 12.8 Å². The van der Waals surface area contributed by atoms with E-state index in [1.54, 1.807) is 0 Å². The lowest BCUT2D eigenvalue weighted by Crippen LogP contribution is -1.99. The average Bonchev–Trinajstić information content (AvgIpc) is 2.90. The topological polar surface area (TPSA) is 49.7 Å². The third-order valence-corrected chi connectivity index (χ3v) is 8.48. The van der Waals surface area contributed by atoms with E-state index in [9.17, 15) is 10.0 Å². The predicted molar refractivity (Wildman–Crippen MR) is 162 cm³/mol. The molecule has 1 aliphatic carbocycles. The molecule has 1 aliphatic rings. The maximum absolute atomic E-state index is 12.1. The van der Waals surface area contributed by atoms with E-state index in [0.717, 1.165) is 44.2 Å². The van der Waals surface area contributed by atoms with Crippen molar-refractivity contribution in [3.05, 3.63) is 0 Å². The highest BCUT2D eigenvalue weighted by molar-refractivity contribution is 5.83. The number of carbonyl (C=O) groups excluding carboxylic acids is 1. The molecule has 0 amide bonds. The Morgan fingerprint density at radius 3 is 0.730 bits per heavy atom. The highest BCUT2D eigenvalue weighted by Crippen LogP contribution is 2.17. The van der Waals surface area contributed by atoms with Gasteiger partial charge >= 0.3 is 0 Å². The quantitative estimate of drug-likeness (QED) is 0.255. The van der Waals surface area contributed by atoms with E-state index < -0.39 is 0 Å². The van der Waals surface area contributed by atoms with Crippen LogP contribution in [0.1, 0.15) is 205 Å². The second kappa shape index (κ2) is 28.2. The normalized spacial score (nSPS) is 23.0. The molecule has 3 nitrogen and oxygen atoms in total. The smallest absolute Gasteiger partial charge is 0.132 e. The van der Waals surface area contributed by atoms with Gasteiger partial charge in [-0.1, -0.05) is 159 Å². The second-order valence-electron chi connectivity index (χ2n) is 12.1. The largest absolute Gasteiger partial charge is 0.411 e. The number of Topliss-reactive ketones (excluding diaryl/α,β-unsaturated/α-hetero) is 1. The molecule has 1 fully saturated rings. The summed E-state index contributed by atoms with van der Waals surface area (Å²) in [6.07, 6.45) is 40.7. The van der Waals surface area contributed by atoms with Crippen LogP contribution in [0.25, 0.3) is 0 Å². The maximum Gasteiger partial charge on any atom is 0.132 e. The van der Waals surface area contributed by atoms with E-state index in [2.05, 4.69) is 5.16 Å². The van der Waals surface area contributed by atoms with Crippen LogP contribution in [0.5, 0.6) is 0 Å². The first-order valence-corrected chi connectivity index (χ1v) is 17.0. The van der Waals surface area contributed by atoms with Gasteiger partial charge < -0.3 is 5.21 Å². The van der Waals surface area contributed by atoms with Gasteiger partial charge in [-0.2, -0.15) is 0 Å². The minimum atomic E-state index is 0.515. The van der Waals surface area contributed by atoms with Crippen molar-refractivity contribution in [1.29, 1.82) is 0 Å². The number of carbonyl (C=O) groups is 1. The lowest BCUT2D eigenvalue weighted by atomic mass is 10.0. The molecule has 0 radical (unpaired) electrons. The van der Waals surface area contributed by atoms with Crippen LogP contribution in [-0.2, 0) is 4.79 Å². The van der Waals surface area contributed by atoms with E-state index in [4.69, 9.17) is 0 Å². The molecule has 37 heavy (non-hydrogen) atoms. The Hall–Kier alpha value is -0.860. The van der Waals surface area contributed by atoms with Gasteiger partial charge in [0.15, 0.2) is 0 Å². The molecule has 218 valence electrons. The molecule has 1 saturated carbocycles. The van der Waals surface area contributed by atoms with Crippen molar-refractivity contribution in [1.82, 2.24) is 0 Å². The number of hydrogen-bond donors (Lipinski definition) is 1. The van der Waals surface area contributed by atoms with Crippen LogP contribution in [0, 0.1) is 0 Å². The minimum Gasteiger partial charge on any atom is -0.411 e. The number of rotatable bonds is 0. The fourth-order valence-corrected chi connectivity index (χ4v) is 5.90. The molecule has 0 bridgehead atoms. The van der Waals surface area contributed by atoms with Crippen molar-refractivity contribution in [2.45, 2.75) is 205 Å². The summed E-state index contributed by atoms with van der Waals surface area (Å²) in [7, 11) is 0. The summed E-state index contributed by atoms with van der Waals surface area (Å²) in [6.45, 7) is 0. The van der Waals surface area contributed by atoms with Gasteiger partial charge in [0.25, 0.3) is 0 Å². The Morgan fingerprint density at radius 2 is 0.514 bits per heavy atom. The van der Waals surface area contributed by atoms with Crippen LogP contribution in [-0.4, -0.2) is 16.7 Å². The zero-order chi connectivity index (χ0) is 26.5. The number of nitrogens with zero attached hydrogens (tertiary/aromatic N) is 1. The van der Waals surface area contributed by atoms with Crippen LogP contribution in [0.15, 0.2) is 5.16 Å². The molecule has 0 atom stereocenters. The summed E-state index contributed by atoms with van der Waals surface area (Å²) in [5, 5.41) is 12.9. The Bertz CT molecular complexity index is 476. The summed E-state index contributed by atoms with van der Waals surface area (Å²) in [5.74, 6) is 0.515. The van der Waals surface area contributed by atoms with Crippen LogP contribution in [0.2, 0.25) is 0 Å². The predicted octanol–water partition coefficient (Wildman–Crippen LogP) is 11.9. The Balaban J connectivity index is 2.15. The SMILES string of the molecule is O=C1CCCCCCCCCCCCCCCCC(=NO)CCCCCCCCCCCCCCCC1. The van der Waals surface area contributed by atoms with Gasteiger partial charge in [-0.15, -0.1) is 0 Å². The third-order valence-electron chi connectivity index (χ3n) is 8.48. The van der Waals surface area contributed by atoms with Crippen molar-refractivity contribution in [3.63, 3.8) is 0 Å². The van der Waals surface area contributed by atoms with E-state index >= 15 is 0 Å². The molecule has 0 aromatic rings. The Labute approximate surface area is 232 Å². The molecule has 0 aromatic carbocycles. The van der Waals surface area contributed by atoms with Crippen molar-refractivity contribution < 1.29 is 10.0 Å². The summed E-state index contributed by atoms with van der Waals surface area (Å²) >= 11 is 0. The first kappa shape index (κ1) is 34.2. The standard InChI is InChI=1S/C34H65NO2/c36-34-31-27-23-19-15-11-7-3-1-5-9-13-17-21-25-29-33(35-37)30-26-22-18-14-10-6-2-4-8-12-16-20-24-28-32-34/h37H,1-32H2. The molecule has 0 heterocycles. The van der Waals surface area contributed by atoms with Crippen LogP contribution in [0.4, 0.5) is 0 Å². The fraction of sp³-hybridized carbons (Fsp3) is 0.941. The summed E-state index contributed by atoms with van der Waals surface area (Å²) < 4.78 is 0. The lowest BCUT2D eigenvalue weighted by molar-refractivity contribution is -0.119. The first-order valence-electron chi connectivity index (χ1n) is 17.0. The first-order chi connectivity index (χ1) is 18.3. The average molecular weight is 520 g/mol. The molecule has 0 unspecified atom stereocenters. The van der Waals surface area contributed by atoms with Crippen LogP contribution in [0.3, 0.4) is 0 Å². The van der Waals surface area contributed by atoms with Gasteiger partial charge in [-0.3, -0.25) is 4.79 Å². The third kappa shape index (κ3) is 25.2. The molecular formula is C34H65NO2. The van der Waals surface area contributed by atoms with E-state index in [1.807, 2.05) is 0 Å². The van der Waals surface area contributed by atoms with Gasteiger partial charge in [0.2, 0.25) is 0 Å². The highest BCUT2D eigenvalue weighted by atomic mass is 16.4. The number of hydrogen-bond acceptors (Lipinski definition) is 3. The molecule has 1 rings (SSSR count). The van der Waals surface area contributed by atoms with E-state index in [0.29, 0.717) is 5.78 Å².